The fourth-order valence-corrected chi connectivity index (χ4v) is 2.05. The zero-order valence-electron chi connectivity index (χ0n) is 11.2. The molecule has 1 fully saturated rings. The zero-order chi connectivity index (χ0) is 12.3. The van der Waals surface area contributed by atoms with Gasteiger partial charge in [0.25, 0.3) is 0 Å². The summed E-state index contributed by atoms with van der Waals surface area (Å²) in [4.78, 5) is 2.45. The monoisotopic (exact) mass is 225 g/mol. The smallest absolute Gasteiger partial charge is 0.0963 e. The van der Waals surface area contributed by atoms with Crippen LogP contribution in [0, 0.1) is 16.7 Å². The molecule has 1 rings (SSSR count). The SMILES string of the molecule is CC(C1CC1)N(C)CCCC(C)(C)C(=N)N. The van der Waals surface area contributed by atoms with Crippen molar-refractivity contribution in [3.63, 3.8) is 0 Å². The Labute approximate surface area is 99.9 Å². The molecule has 0 radical (unpaired) electrons. The lowest BCUT2D eigenvalue weighted by Crippen LogP contribution is -2.34. The van der Waals surface area contributed by atoms with Gasteiger partial charge in [-0.25, -0.2) is 0 Å². The molecule has 1 saturated carbocycles. The molecule has 1 aliphatic carbocycles. The van der Waals surface area contributed by atoms with Gasteiger partial charge in [0, 0.05) is 11.5 Å². The Morgan fingerprint density at radius 2 is 2.06 bits per heavy atom. The Bertz CT molecular complexity index is 244. The van der Waals surface area contributed by atoms with Crippen molar-refractivity contribution < 1.29 is 0 Å². The van der Waals surface area contributed by atoms with Crippen LogP contribution in [0.5, 0.6) is 0 Å². The molecule has 0 aromatic carbocycles. The van der Waals surface area contributed by atoms with E-state index in [4.69, 9.17) is 11.1 Å². The molecule has 0 heterocycles. The van der Waals surface area contributed by atoms with Gasteiger partial charge in [0.1, 0.15) is 0 Å². The second kappa shape index (κ2) is 5.17. The number of hydrogen-bond acceptors (Lipinski definition) is 2. The minimum atomic E-state index is -0.135. The third kappa shape index (κ3) is 3.78. The maximum Gasteiger partial charge on any atom is 0.0963 e. The first-order valence-electron chi connectivity index (χ1n) is 6.39. The second-order valence-corrected chi connectivity index (χ2v) is 5.96. The molecule has 3 N–H and O–H groups in total. The first kappa shape index (κ1) is 13.5. The fourth-order valence-electron chi connectivity index (χ4n) is 2.05. The highest BCUT2D eigenvalue weighted by Gasteiger charge is 2.30. The van der Waals surface area contributed by atoms with E-state index < -0.39 is 0 Å². The molecular formula is C13H27N3. The average Bonchev–Trinajstić information content (AvgIpc) is 2.99. The van der Waals surface area contributed by atoms with Gasteiger partial charge in [-0.15, -0.1) is 0 Å². The van der Waals surface area contributed by atoms with Gasteiger partial charge >= 0.3 is 0 Å². The van der Waals surface area contributed by atoms with E-state index >= 15 is 0 Å². The van der Waals surface area contributed by atoms with Crippen LogP contribution in [0.25, 0.3) is 0 Å². The van der Waals surface area contributed by atoms with Crippen molar-refractivity contribution in [2.24, 2.45) is 17.1 Å². The van der Waals surface area contributed by atoms with Crippen LogP contribution < -0.4 is 5.73 Å². The van der Waals surface area contributed by atoms with Crippen LogP contribution in [-0.4, -0.2) is 30.4 Å². The van der Waals surface area contributed by atoms with Gasteiger partial charge in [-0.3, -0.25) is 5.41 Å². The number of nitrogens with one attached hydrogen (secondary N) is 1. The van der Waals surface area contributed by atoms with Crippen LogP contribution in [-0.2, 0) is 0 Å². The molecule has 3 heteroatoms. The maximum absolute atomic E-state index is 7.51. The first-order chi connectivity index (χ1) is 7.34. The molecule has 0 saturated heterocycles. The van der Waals surface area contributed by atoms with E-state index in [2.05, 4.69) is 32.7 Å². The molecule has 3 nitrogen and oxygen atoms in total. The number of amidine groups is 1. The van der Waals surface area contributed by atoms with Gasteiger partial charge in [-0.2, -0.15) is 0 Å². The van der Waals surface area contributed by atoms with Crippen LogP contribution >= 0.6 is 0 Å². The van der Waals surface area contributed by atoms with Gasteiger partial charge in [-0.1, -0.05) is 13.8 Å². The maximum atomic E-state index is 7.51. The predicted octanol–water partition coefficient (Wildman–Crippen LogP) is 2.46. The standard InChI is InChI=1S/C13H27N3/c1-10(11-6-7-11)16(4)9-5-8-13(2,3)12(14)15/h10-11H,5-9H2,1-4H3,(H3,14,15). The molecule has 0 bridgehead atoms. The lowest BCUT2D eigenvalue weighted by Gasteiger charge is -2.27. The molecule has 1 aliphatic rings. The zero-order valence-corrected chi connectivity index (χ0v) is 11.2. The summed E-state index contributed by atoms with van der Waals surface area (Å²) in [7, 11) is 2.21. The third-order valence-electron chi connectivity index (χ3n) is 4.04. The van der Waals surface area contributed by atoms with Crippen molar-refractivity contribution in [3.8, 4) is 0 Å². The number of nitrogens with zero attached hydrogens (tertiary/aromatic N) is 1. The summed E-state index contributed by atoms with van der Waals surface area (Å²) in [6.45, 7) is 7.56. The Kier molecular flexibility index (Phi) is 4.36. The summed E-state index contributed by atoms with van der Waals surface area (Å²) in [6.07, 6.45) is 4.94. The predicted molar refractivity (Wildman–Crippen MR) is 69.7 cm³/mol. The van der Waals surface area contributed by atoms with Gasteiger partial charge in [0.2, 0.25) is 0 Å². The molecule has 0 aromatic rings. The van der Waals surface area contributed by atoms with E-state index in [-0.39, 0.29) is 5.41 Å². The van der Waals surface area contributed by atoms with Crippen molar-refractivity contribution >= 4 is 5.84 Å². The molecule has 1 atom stereocenters. The topological polar surface area (TPSA) is 53.1 Å². The lowest BCUT2D eigenvalue weighted by molar-refractivity contribution is 0.223. The molecule has 1 unspecified atom stereocenters. The summed E-state index contributed by atoms with van der Waals surface area (Å²) in [5.41, 5.74) is 5.44. The highest BCUT2D eigenvalue weighted by molar-refractivity contribution is 5.82. The highest BCUT2D eigenvalue weighted by atomic mass is 15.1. The van der Waals surface area contributed by atoms with Crippen molar-refractivity contribution in [1.29, 1.82) is 5.41 Å². The van der Waals surface area contributed by atoms with Gasteiger partial charge in [0.05, 0.1) is 5.84 Å². The van der Waals surface area contributed by atoms with Crippen LogP contribution in [0.2, 0.25) is 0 Å². The second-order valence-electron chi connectivity index (χ2n) is 5.96. The van der Waals surface area contributed by atoms with Crippen LogP contribution in [0.15, 0.2) is 0 Å². The largest absolute Gasteiger partial charge is 0.387 e. The van der Waals surface area contributed by atoms with E-state index in [1.165, 1.54) is 12.8 Å². The summed E-state index contributed by atoms with van der Waals surface area (Å²) in [5.74, 6) is 1.25. The average molecular weight is 225 g/mol. The van der Waals surface area contributed by atoms with Gasteiger partial charge in [-0.05, 0) is 52.1 Å². The molecule has 0 amide bonds. The Morgan fingerprint density at radius 3 is 2.50 bits per heavy atom. The molecule has 0 spiro atoms. The summed E-state index contributed by atoms with van der Waals surface area (Å²) in [6, 6.07) is 0.723. The summed E-state index contributed by atoms with van der Waals surface area (Å²) < 4.78 is 0. The fraction of sp³-hybridized carbons (Fsp3) is 0.923. The minimum absolute atomic E-state index is 0.135. The van der Waals surface area contributed by atoms with E-state index in [0.29, 0.717) is 5.84 Å². The van der Waals surface area contributed by atoms with Crippen molar-refractivity contribution in [1.82, 2.24) is 4.90 Å². The van der Waals surface area contributed by atoms with Crippen molar-refractivity contribution in [2.45, 2.75) is 52.5 Å². The van der Waals surface area contributed by atoms with Gasteiger partial charge in [0.15, 0.2) is 0 Å². The van der Waals surface area contributed by atoms with Crippen LogP contribution in [0.4, 0.5) is 0 Å². The quantitative estimate of drug-likeness (QED) is 0.516. The van der Waals surface area contributed by atoms with Crippen LogP contribution in [0.3, 0.4) is 0 Å². The van der Waals surface area contributed by atoms with E-state index in [0.717, 1.165) is 31.3 Å². The lowest BCUT2D eigenvalue weighted by atomic mass is 9.86. The van der Waals surface area contributed by atoms with E-state index in [9.17, 15) is 0 Å². The molecule has 0 aliphatic heterocycles. The minimum Gasteiger partial charge on any atom is -0.387 e. The molecular weight excluding hydrogens is 198 g/mol. The summed E-state index contributed by atoms with van der Waals surface area (Å²) in [5, 5.41) is 7.51. The molecule has 0 aromatic heterocycles. The number of rotatable bonds is 7. The van der Waals surface area contributed by atoms with E-state index in [1.54, 1.807) is 0 Å². The van der Waals surface area contributed by atoms with Crippen molar-refractivity contribution in [3.05, 3.63) is 0 Å². The van der Waals surface area contributed by atoms with Crippen LogP contribution in [0.1, 0.15) is 46.5 Å². The number of hydrogen-bond donors (Lipinski definition) is 2. The third-order valence-corrected chi connectivity index (χ3v) is 4.04. The molecule has 16 heavy (non-hydrogen) atoms. The van der Waals surface area contributed by atoms with Gasteiger partial charge < -0.3 is 10.6 Å². The molecule has 94 valence electrons. The number of nitrogens with two attached hydrogens (primary N) is 1. The summed E-state index contributed by atoms with van der Waals surface area (Å²) >= 11 is 0. The van der Waals surface area contributed by atoms with Crippen molar-refractivity contribution in [2.75, 3.05) is 13.6 Å². The Morgan fingerprint density at radius 1 is 1.50 bits per heavy atom. The van der Waals surface area contributed by atoms with E-state index in [1.807, 2.05) is 0 Å². The Balaban J connectivity index is 2.21. The highest BCUT2D eigenvalue weighted by Crippen LogP contribution is 2.34. The first-order valence-corrected chi connectivity index (χ1v) is 6.39. The Hall–Kier alpha value is -0.570. The normalized spacial score (nSPS) is 18.8.